The van der Waals surface area contributed by atoms with Gasteiger partial charge in [-0.2, -0.15) is 0 Å². The first-order chi connectivity index (χ1) is 9.24. The summed E-state index contributed by atoms with van der Waals surface area (Å²) in [4.78, 5) is 2.37. The lowest BCUT2D eigenvalue weighted by Gasteiger charge is -2.37. The van der Waals surface area contributed by atoms with Gasteiger partial charge in [-0.1, -0.05) is 26.0 Å². The number of piperidine rings is 1. The molecule has 0 aliphatic carbocycles. The molecule has 3 heteroatoms. The maximum atomic E-state index is 5.58. The summed E-state index contributed by atoms with van der Waals surface area (Å²) in [6, 6.07) is 9.19. The maximum absolute atomic E-state index is 5.58. The molecule has 1 atom stereocenters. The Morgan fingerprint density at radius 2 is 2.00 bits per heavy atom. The molecule has 0 spiro atoms. The topological polar surface area (TPSA) is 15.3 Å². The van der Waals surface area contributed by atoms with Crippen molar-refractivity contribution in [2.45, 2.75) is 52.0 Å². The zero-order valence-corrected chi connectivity index (χ0v) is 12.8. The molecule has 0 amide bonds. The van der Waals surface area contributed by atoms with Gasteiger partial charge >= 0.3 is 0 Å². The summed E-state index contributed by atoms with van der Waals surface area (Å²) in [6.07, 6.45) is 6.12. The molecule has 2 rings (SSSR count). The van der Waals surface area contributed by atoms with E-state index in [1.165, 1.54) is 31.2 Å². The Morgan fingerprint density at radius 1 is 1.26 bits per heavy atom. The zero-order chi connectivity index (χ0) is 13.7. The highest BCUT2D eigenvalue weighted by atomic mass is 32.1. The number of nitrogens with one attached hydrogen (secondary N) is 1. The van der Waals surface area contributed by atoms with Gasteiger partial charge in [0.15, 0.2) is 5.11 Å². The van der Waals surface area contributed by atoms with Crippen molar-refractivity contribution >= 4 is 23.0 Å². The van der Waals surface area contributed by atoms with E-state index in [4.69, 9.17) is 12.2 Å². The average molecular weight is 276 g/mol. The zero-order valence-electron chi connectivity index (χ0n) is 12.0. The van der Waals surface area contributed by atoms with Gasteiger partial charge in [0.1, 0.15) is 0 Å². The molecule has 1 unspecified atom stereocenters. The van der Waals surface area contributed by atoms with Gasteiger partial charge in [-0.3, -0.25) is 0 Å². The number of thiocarbonyl (C=S) groups is 1. The van der Waals surface area contributed by atoms with E-state index >= 15 is 0 Å². The molecule has 1 aromatic rings. The van der Waals surface area contributed by atoms with Crippen LogP contribution >= 0.6 is 12.2 Å². The molecule has 1 fully saturated rings. The minimum Gasteiger partial charge on any atom is -0.346 e. The van der Waals surface area contributed by atoms with E-state index in [9.17, 15) is 0 Å². The maximum Gasteiger partial charge on any atom is 0.173 e. The largest absolute Gasteiger partial charge is 0.346 e. The summed E-state index contributed by atoms with van der Waals surface area (Å²) < 4.78 is 0. The Kier molecular flexibility index (Phi) is 5.20. The van der Waals surface area contributed by atoms with Crippen molar-refractivity contribution in [3.05, 3.63) is 29.8 Å². The van der Waals surface area contributed by atoms with Crippen LogP contribution in [0.2, 0.25) is 0 Å². The van der Waals surface area contributed by atoms with Crippen molar-refractivity contribution < 1.29 is 0 Å². The van der Waals surface area contributed by atoms with E-state index < -0.39 is 0 Å². The molecule has 1 heterocycles. The van der Waals surface area contributed by atoms with Gasteiger partial charge in [-0.25, -0.2) is 0 Å². The fraction of sp³-hybridized carbons (Fsp3) is 0.562. The fourth-order valence-corrected chi connectivity index (χ4v) is 3.07. The number of anilines is 1. The highest BCUT2D eigenvalue weighted by molar-refractivity contribution is 7.80. The van der Waals surface area contributed by atoms with Crippen molar-refractivity contribution in [1.82, 2.24) is 4.90 Å². The Bertz CT molecular complexity index is 413. The number of hydrogen-bond acceptors (Lipinski definition) is 1. The fourth-order valence-electron chi connectivity index (χ4n) is 2.71. The van der Waals surface area contributed by atoms with Crippen LogP contribution in [0.15, 0.2) is 24.3 Å². The first-order valence-corrected chi connectivity index (χ1v) is 7.82. The smallest absolute Gasteiger partial charge is 0.173 e. The van der Waals surface area contributed by atoms with Crippen molar-refractivity contribution in [3.63, 3.8) is 0 Å². The number of hydrogen-bond donors (Lipinski definition) is 1. The predicted octanol–water partition coefficient (Wildman–Crippen LogP) is 4.21. The minimum atomic E-state index is 0.615. The Hall–Kier alpha value is -1.09. The third-order valence-corrected chi connectivity index (χ3v) is 4.31. The lowest BCUT2D eigenvalue weighted by molar-refractivity contribution is 0.239. The van der Waals surface area contributed by atoms with Gasteiger partial charge in [-0.05, 0) is 62.0 Å². The van der Waals surface area contributed by atoms with Crippen LogP contribution in [0.5, 0.6) is 0 Å². The first kappa shape index (κ1) is 14.3. The van der Waals surface area contributed by atoms with E-state index in [2.05, 4.69) is 48.3 Å². The lowest BCUT2D eigenvalue weighted by atomic mass is 10.0. The van der Waals surface area contributed by atoms with Crippen molar-refractivity contribution in [2.24, 2.45) is 0 Å². The van der Waals surface area contributed by atoms with Gasteiger partial charge in [0.25, 0.3) is 0 Å². The minimum absolute atomic E-state index is 0.615. The summed E-state index contributed by atoms with van der Waals surface area (Å²) in [7, 11) is 0. The highest BCUT2D eigenvalue weighted by Gasteiger charge is 2.22. The Labute approximate surface area is 122 Å². The molecule has 0 aromatic heterocycles. The number of nitrogens with zero attached hydrogens (tertiary/aromatic N) is 1. The summed E-state index contributed by atoms with van der Waals surface area (Å²) in [6.45, 7) is 5.52. The second-order valence-electron chi connectivity index (χ2n) is 5.23. The predicted molar refractivity (Wildman–Crippen MR) is 86.7 cm³/mol. The molecule has 1 aromatic carbocycles. The van der Waals surface area contributed by atoms with Gasteiger partial charge in [0.2, 0.25) is 0 Å². The molecule has 0 bridgehead atoms. The van der Waals surface area contributed by atoms with Crippen LogP contribution in [0, 0.1) is 0 Å². The summed E-state index contributed by atoms with van der Waals surface area (Å²) >= 11 is 5.58. The van der Waals surface area contributed by atoms with Gasteiger partial charge in [0.05, 0.1) is 0 Å². The quantitative estimate of drug-likeness (QED) is 0.833. The van der Waals surface area contributed by atoms with Crippen LogP contribution in [-0.4, -0.2) is 22.6 Å². The standard InChI is InChI=1S/C16H24N2S/c1-3-13-8-10-14(11-9-13)17-16(19)18-12-6-5-7-15(18)4-2/h8-11,15H,3-7,12H2,1-2H3,(H,17,19). The normalized spacial score (nSPS) is 19.3. The lowest BCUT2D eigenvalue weighted by Crippen LogP contribution is -2.45. The highest BCUT2D eigenvalue weighted by Crippen LogP contribution is 2.21. The van der Waals surface area contributed by atoms with E-state index in [-0.39, 0.29) is 0 Å². The molecule has 2 nitrogen and oxygen atoms in total. The van der Waals surface area contributed by atoms with Crippen LogP contribution in [0.4, 0.5) is 5.69 Å². The van der Waals surface area contributed by atoms with Crippen LogP contribution in [0.25, 0.3) is 0 Å². The molecule has 1 aliphatic rings. The van der Waals surface area contributed by atoms with Crippen LogP contribution in [-0.2, 0) is 6.42 Å². The molecule has 1 saturated heterocycles. The van der Waals surface area contributed by atoms with Crippen molar-refractivity contribution in [2.75, 3.05) is 11.9 Å². The second kappa shape index (κ2) is 6.90. The second-order valence-corrected chi connectivity index (χ2v) is 5.62. The number of benzene rings is 1. The third kappa shape index (κ3) is 3.69. The summed E-state index contributed by atoms with van der Waals surface area (Å²) in [5.74, 6) is 0. The van der Waals surface area contributed by atoms with Crippen LogP contribution in [0.1, 0.15) is 45.1 Å². The third-order valence-electron chi connectivity index (χ3n) is 3.97. The van der Waals surface area contributed by atoms with Crippen molar-refractivity contribution in [1.29, 1.82) is 0 Å². The first-order valence-electron chi connectivity index (χ1n) is 7.41. The number of rotatable bonds is 3. The van der Waals surface area contributed by atoms with Gasteiger partial charge < -0.3 is 10.2 Å². The Balaban J connectivity index is 1.98. The average Bonchev–Trinajstić information content (AvgIpc) is 2.48. The Morgan fingerprint density at radius 3 is 2.63 bits per heavy atom. The molecular weight excluding hydrogens is 252 g/mol. The number of likely N-dealkylation sites (tertiary alicyclic amines) is 1. The molecule has 0 radical (unpaired) electrons. The van der Waals surface area contributed by atoms with Gasteiger partial charge in [-0.15, -0.1) is 0 Å². The van der Waals surface area contributed by atoms with Crippen LogP contribution in [0.3, 0.4) is 0 Å². The van der Waals surface area contributed by atoms with E-state index in [0.717, 1.165) is 23.8 Å². The number of aryl methyl sites for hydroxylation is 1. The van der Waals surface area contributed by atoms with E-state index in [0.29, 0.717) is 6.04 Å². The molecule has 1 N–H and O–H groups in total. The molecule has 19 heavy (non-hydrogen) atoms. The van der Waals surface area contributed by atoms with Gasteiger partial charge in [0, 0.05) is 18.3 Å². The van der Waals surface area contributed by atoms with E-state index in [1.54, 1.807) is 0 Å². The van der Waals surface area contributed by atoms with Crippen molar-refractivity contribution in [3.8, 4) is 0 Å². The molecule has 104 valence electrons. The van der Waals surface area contributed by atoms with E-state index in [1.807, 2.05) is 0 Å². The molecule has 0 saturated carbocycles. The SMILES string of the molecule is CCc1ccc(NC(=S)N2CCCCC2CC)cc1. The summed E-state index contributed by atoms with van der Waals surface area (Å²) in [5, 5.41) is 4.27. The molecule has 1 aliphatic heterocycles. The molecular formula is C16H24N2S. The van der Waals surface area contributed by atoms with Crippen LogP contribution < -0.4 is 5.32 Å². The summed E-state index contributed by atoms with van der Waals surface area (Å²) in [5.41, 5.74) is 2.46. The monoisotopic (exact) mass is 276 g/mol.